The van der Waals surface area contributed by atoms with Crippen LogP contribution in [-0.4, -0.2) is 34.1 Å². The number of aliphatic hydroxyl groups excluding tert-OH is 2. The summed E-state index contributed by atoms with van der Waals surface area (Å²) < 4.78 is 6.22. The second-order valence-electron chi connectivity index (χ2n) is 11.9. The Balaban J connectivity index is 1.43. The fraction of sp³-hybridized carbons (Fsp3) is 0.613. The van der Waals surface area contributed by atoms with Gasteiger partial charge < -0.3 is 20.1 Å². The average molecular weight is 481 g/mol. The summed E-state index contributed by atoms with van der Waals surface area (Å²) in [5, 5.41) is 30.6. The molecule has 0 bridgehead atoms. The predicted octanol–water partition coefficient (Wildman–Crippen LogP) is 5.93. The van der Waals surface area contributed by atoms with Gasteiger partial charge in [0.25, 0.3) is 0 Å². The molecule has 0 radical (unpaired) electrons. The van der Waals surface area contributed by atoms with E-state index in [1.165, 1.54) is 24.8 Å². The molecule has 1 aromatic carbocycles. The minimum Gasteiger partial charge on any atom is -0.493 e. The Morgan fingerprint density at radius 3 is 2.69 bits per heavy atom. The van der Waals surface area contributed by atoms with E-state index in [1.54, 1.807) is 13.8 Å². The molecule has 3 N–H and O–H groups in total. The number of hydrogen-bond acceptors (Lipinski definition) is 4. The molecule has 4 heteroatoms. The van der Waals surface area contributed by atoms with Crippen LogP contribution in [0.2, 0.25) is 0 Å². The highest BCUT2D eigenvalue weighted by Crippen LogP contribution is 2.53. The van der Waals surface area contributed by atoms with Crippen molar-refractivity contribution in [1.29, 1.82) is 0 Å². The number of hydrogen-bond donors (Lipinski definition) is 3. The number of allylic oxidation sites excluding steroid dienone is 3. The average Bonchev–Trinajstić information content (AvgIpc) is 3.26. The smallest absolute Gasteiger partial charge is 0.119 e. The third-order valence-electron chi connectivity index (χ3n) is 8.84. The molecule has 35 heavy (non-hydrogen) atoms. The van der Waals surface area contributed by atoms with Gasteiger partial charge in [-0.05, 0) is 104 Å². The third-order valence-corrected chi connectivity index (χ3v) is 8.84. The van der Waals surface area contributed by atoms with Gasteiger partial charge in [0.15, 0.2) is 0 Å². The number of fused-ring (bicyclic) bond motifs is 1. The molecule has 3 fully saturated rings. The van der Waals surface area contributed by atoms with E-state index in [4.69, 9.17) is 4.74 Å². The molecular formula is C31H44O4. The molecule has 0 aromatic heterocycles. The SMILES string of the molecule is C=C1/C(=C\C=C2/CC[C@@H](C)C3C2CCC3C(C)COc2cccc(C(C)(C)O)c2)CC(O)CC1O. The lowest BCUT2D eigenvalue weighted by atomic mass is 9.67. The number of ether oxygens (including phenoxy) is 1. The van der Waals surface area contributed by atoms with Gasteiger partial charge in [0.2, 0.25) is 0 Å². The number of rotatable bonds is 6. The van der Waals surface area contributed by atoms with E-state index in [-0.39, 0.29) is 0 Å². The van der Waals surface area contributed by atoms with E-state index in [9.17, 15) is 15.3 Å². The van der Waals surface area contributed by atoms with Crippen LogP contribution in [0.5, 0.6) is 5.75 Å². The summed E-state index contributed by atoms with van der Waals surface area (Å²) in [6, 6.07) is 7.82. The lowest BCUT2D eigenvalue weighted by molar-refractivity contribution is 0.0779. The Morgan fingerprint density at radius 1 is 1.17 bits per heavy atom. The second kappa shape index (κ2) is 10.6. The van der Waals surface area contributed by atoms with Gasteiger partial charge in [-0.2, -0.15) is 0 Å². The fourth-order valence-corrected chi connectivity index (χ4v) is 6.73. The van der Waals surface area contributed by atoms with Crippen LogP contribution < -0.4 is 4.74 Å². The van der Waals surface area contributed by atoms with Crippen molar-refractivity contribution in [3.63, 3.8) is 0 Å². The van der Waals surface area contributed by atoms with Gasteiger partial charge >= 0.3 is 0 Å². The fourth-order valence-electron chi connectivity index (χ4n) is 6.73. The Morgan fingerprint density at radius 2 is 1.94 bits per heavy atom. The van der Waals surface area contributed by atoms with Crippen molar-refractivity contribution < 1.29 is 20.1 Å². The highest BCUT2D eigenvalue weighted by molar-refractivity contribution is 5.38. The van der Waals surface area contributed by atoms with Crippen molar-refractivity contribution in [2.24, 2.45) is 29.6 Å². The maximum atomic E-state index is 10.3. The number of benzene rings is 1. The molecule has 4 rings (SSSR count). The first-order valence-electron chi connectivity index (χ1n) is 13.4. The van der Waals surface area contributed by atoms with E-state index in [2.05, 4.69) is 32.6 Å². The summed E-state index contributed by atoms with van der Waals surface area (Å²) in [5.41, 5.74) is 3.27. The van der Waals surface area contributed by atoms with Gasteiger partial charge in [-0.3, -0.25) is 0 Å². The Labute approximate surface area is 211 Å². The molecular weight excluding hydrogens is 436 g/mol. The van der Waals surface area contributed by atoms with Gasteiger partial charge in [-0.15, -0.1) is 0 Å². The topological polar surface area (TPSA) is 69.9 Å². The highest BCUT2D eigenvalue weighted by atomic mass is 16.5. The van der Waals surface area contributed by atoms with Crippen LogP contribution in [0.25, 0.3) is 0 Å². The third kappa shape index (κ3) is 5.93. The lowest BCUT2D eigenvalue weighted by Gasteiger charge is -2.39. The summed E-state index contributed by atoms with van der Waals surface area (Å²) >= 11 is 0. The van der Waals surface area contributed by atoms with Crippen LogP contribution in [0.1, 0.15) is 71.8 Å². The first kappa shape index (κ1) is 26.2. The summed E-state index contributed by atoms with van der Waals surface area (Å²) in [6.07, 6.45) is 9.03. The largest absolute Gasteiger partial charge is 0.493 e. The van der Waals surface area contributed by atoms with Crippen LogP contribution in [0.15, 0.2) is 59.7 Å². The lowest BCUT2D eigenvalue weighted by Crippen LogP contribution is -2.33. The van der Waals surface area contributed by atoms with Crippen LogP contribution in [0, 0.1) is 29.6 Å². The molecule has 0 saturated heterocycles. The summed E-state index contributed by atoms with van der Waals surface area (Å²) in [5.74, 6) is 3.89. The summed E-state index contributed by atoms with van der Waals surface area (Å²) in [7, 11) is 0. The van der Waals surface area contributed by atoms with Gasteiger partial charge in [-0.1, -0.05) is 50.3 Å². The summed E-state index contributed by atoms with van der Waals surface area (Å²) in [6.45, 7) is 13.1. The zero-order chi connectivity index (χ0) is 25.3. The molecule has 1 aromatic rings. The van der Waals surface area contributed by atoms with Crippen molar-refractivity contribution in [3.05, 3.63) is 65.3 Å². The first-order valence-corrected chi connectivity index (χ1v) is 13.4. The Bertz CT molecular complexity index is 968. The Kier molecular flexibility index (Phi) is 7.95. The van der Waals surface area contributed by atoms with E-state index < -0.39 is 17.8 Å². The van der Waals surface area contributed by atoms with Gasteiger partial charge in [0.1, 0.15) is 5.75 Å². The normalized spacial score (nSPS) is 34.8. The van der Waals surface area contributed by atoms with Crippen molar-refractivity contribution in [1.82, 2.24) is 0 Å². The molecule has 0 amide bonds. The predicted molar refractivity (Wildman–Crippen MR) is 141 cm³/mol. The Hall–Kier alpha value is -1.88. The molecule has 4 nitrogen and oxygen atoms in total. The van der Waals surface area contributed by atoms with E-state index in [0.717, 1.165) is 28.9 Å². The minimum atomic E-state index is -0.876. The van der Waals surface area contributed by atoms with Crippen LogP contribution in [0.4, 0.5) is 0 Å². The molecule has 6 unspecified atom stereocenters. The molecule has 3 aliphatic carbocycles. The van der Waals surface area contributed by atoms with Crippen LogP contribution in [0.3, 0.4) is 0 Å². The molecule has 7 atom stereocenters. The maximum Gasteiger partial charge on any atom is 0.119 e. The van der Waals surface area contributed by atoms with Crippen molar-refractivity contribution in [2.45, 2.75) is 84.0 Å². The molecule has 0 aliphatic heterocycles. The van der Waals surface area contributed by atoms with Gasteiger partial charge in [0, 0.05) is 6.42 Å². The van der Waals surface area contributed by atoms with Gasteiger partial charge in [0.05, 0.1) is 24.4 Å². The van der Waals surface area contributed by atoms with Crippen molar-refractivity contribution >= 4 is 0 Å². The first-order chi connectivity index (χ1) is 16.5. The van der Waals surface area contributed by atoms with Gasteiger partial charge in [-0.25, -0.2) is 0 Å². The monoisotopic (exact) mass is 480 g/mol. The van der Waals surface area contributed by atoms with E-state index in [0.29, 0.717) is 49.0 Å². The van der Waals surface area contributed by atoms with E-state index >= 15 is 0 Å². The second-order valence-corrected chi connectivity index (χ2v) is 11.9. The molecule has 0 heterocycles. The molecule has 3 saturated carbocycles. The molecule has 192 valence electrons. The van der Waals surface area contributed by atoms with Crippen LogP contribution >= 0.6 is 0 Å². The van der Waals surface area contributed by atoms with Crippen molar-refractivity contribution in [3.8, 4) is 5.75 Å². The highest BCUT2D eigenvalue weighted by Gasteiger charge is 2.45. The van der Waals surface area contributed by atoms with E-state index in [1.807, 2.05) is 24.3 Å². The molecule has 0 spiro atoms. The zero-order valence-corrected chi connectivity index (χ0v) is 21.9. The minimum absolute atomic E-state index is 0.388. The molecule has 3 aliphatic rings. The standard InChI is InChI=1S/C31H44O4/c1-19-9-10-22(11-12-23-15-25(32)17-29(33)21(23)3)28-14-13-27(30(19)28)20(2)18-35-26-8-6-7-24(16-26)31(4,5)34/h6-8,11-12,16,19-20,25,27-30,32-34H,3,9-10,13-15,17-18H2,1-2,4-5H3/b22-11+,23-12-/t19-,20?,25?,27?,28?,29?,30?/m1/s1. The summed E-state index contributed by atoms with van der Waals surface area (Å²) in [4.78, 5) is 0. The maximum absolute atomic E-state index is 10.3. The van der Waals surface area contributed by atoms with Crippen LogP contribution in [-0.2, 0) is 5.60 Å². The zero-order valence-electron chi connectivity index (χ0n) is 21.9. The number of aliphatic hydroxyl groups is 3. The van der Waals surface area contributed by atoms with Crippen molar-refractivity contribution in [2.75, 3.05) is 6.61 Å². The quantitative estimate of drug-likeness (QED) is 0.472.